The number of thioether (sulfide) groups is 1. The lowest BCUT2D eigenvalue weighted by Gasteiger charge is -2.26. The standard InChI is InChI=1S/C16H19F2NO5S2/c1-10(16(21)19(2)12-5-6-26(22,23)9-12)24-15(20)8-25-14-7-11(17)3-4-13(14)18/h3-4,7,10,12H,5-6,8-9H2,1-2H3/t10-,12-/m1/s1. The molecular formula is C16H19F2NO5S2. The summed E-state index contributed by atoms with van der Waals surface area (Å²) in [5.74, 6) is -2.92. The van der Waals surface area contributed by atoms with Crippen LogP contribution in [0, 0.1) is 11.6 Å². The third-order valence-electron chi connectivity index (χ3n) is 4.00. The van der Waals surface area contributed by atoms with Gasteiger partial charge >= 0.3 is 5.97 Å². The van der Waals surface area contributed by atoms with Gasteiger partial charge in [0.2, 0.25) is 0 Å². The summed E-state index contributed by atoms with van der Waals surface area (Å²) >= 11 is 0.763. The maximum absolute atomic E-state index is 13.5. The number of ether oxygens (including phenoxy) is 1. The molecule has 1 heterocycles. The topological polar surface area (TPSA) is 80.8 Å². The molecular weight excluding hydrogens is 388 g/mol. The van der Waals surface area contributed by atoms with Crippen LogP contribution in [-0.4, -0.2) is 61.6 Å². The van der Waals surface area contributed by atoms with E-state index in [4.69, 9.17) is 4.74 Å². The molecule has 1 aromatic rings. The fraction of sp³-hybridized carbons (Fsp3) is 0.500. The molecule has 6 nitrogen and oxygen atoms in total. The van der Waals surface area contributed by atoms with Crippen molar-refractivity contribution in [1.82, 2.24) is 4.90 Å². The maximum atomic E-state index is 13.5. The van der Waals surface area contributed by atoms with Crippen molar-refractivity contribution in [3.8, 4) is 0 Å². The predicted octanol–water partition coefficient (Wildman–Crippen LogP) is 1.63. The second kappa shape index (κ2) is 8.34. The molecule has 10 heteroatoms. The van der Waals surface area contributed by atoms with Crippen LogP contribution < -0.4 is 0 Å². The van der Waals surface area contributed by atoms with Gasteiger partial charge in [0, 0.05) is 18.0 Å². The van der Waals surface area contributed by atoms with Crippen LogP contribution in [0.5, 0.6) is 0 Å². The van der Waals surface area contributed by atoms with Crippen molar-refractivity contribution in [1.29, 1.82) is 0 Å². The Kier molecular flexibility index (Phi) is 6.62. The molecule has 1 aliphatic rings. The number of carbonyl (C=O) groups excluding carboxylic acids is 2. The molecule has 0 radical (unpaired) electrons. The summed E-state index contributed by atoms with van der Waals surface area (Å²) in [5.41, 5.74) is 0. The first-order valence-electron chi connectivity index (χ1n) is 7.83. The van der Waals surface area contributed by atoms with Gasteiger partial charge in [0.25, 0.3) is 5.91 Å². The molecule has 144 valence electrons. The molecule has 2 rings (SSSR count). The molecule has 1 aliphatic heterocycles. The quantitative estimate of drug-likeness (QED) is 0.527. The van der Waals surface area contributed by atoms with Gasteiger partial charge in [0.15, 0.2) is 15.9 Å². The van der Waals surface area contributed by atoms with E-state index in [1.54, 1.807) is 0 Å². The number of likely N-dealkylation sites (N-methyl/N-ethyl adjacent to an activating group) is 1. The van der Waals surface area contributed by atoms with Gasteiger partial charge in [-0.25, -0.2) is 17.2 Å². The van der Waals surface area contributed by atoms with E-state index in [1.165, 1.54) is 18.9 Å². The Hall–Kier alpha value is -1.68. The Morgan fingerprint density at radius 2 is 2.08 bits per heavy atom. The summed E-state index contributed by atoms with van der Waals surface area (Å²) < 4.78 is 54.6. The van der Waals surface area contributed by atoms with Crippen molar-refractivity contribution in [3.63, 3.8) is 0 Å². The smallest absolute Gasteiger partial charge is 0.317 e. The Morgan fingerprint density at radius 3 is 2.69 bits per heavy atom. The first kappa shape index (κ1) is 20.6. The Balaban J connectivity index is 1.86. The number of hydrogen-bond donors (Lipinski definition) is 0. The molecule has 0 bridgehead atoms. The van der Waals surface area contributed by atoms with Gasteiger partial charge in [-0.2, -0.15) is 0 Å². The molecule has 0 aromatic heterocycles. The third-order valence-corrected chi connectivity index (χ3v) is 6.75. The number of amides is 1. The van der Waals surface area contributed by atoms with Crippen molar-refractivity contribution in [3.05, 3.63) is 29.8 Å². The van der Waals surface area contributed by atoms with Crippen LogP contribution in [0.25, 0.3) is 0 Å². The van der Waals surface area contributed by atoms with Crippen molar-refractivity contribution in [2.75, 3.05) is 24.3 Å². The van der Waals surface area contributed by atoms with Gasteiger partial charge in [-0.1, -0.05) is 0 Å². The number of rotatable bonds is 6. The number of carbonyl (C=O) groups is 2. The summed E-state index contributed by atoms with van der Waals surface area (Å²) in [6.45, 7) is 1.38. The Bertz CT molecular complexity index is 800. The summed E-state index contributed by atoms with van der Waals surface area (Å²) in [5, 5.41) is 0. The largest absolute Gasteiger partial charge is 0.452 e. The normalized spacial score (nSPS) is 19.8. The molecule has 26 heavy (non-hydrogen) atoms. The SMILES string of the molecule is C[C@@H](OC(=O)CSc1cc(F)ccc1F)C(=O)N(C)[C@@H]1CCS(=O)(=O)C1. The fourth-order valence-corrected chi connectivity index (χ4v) is 5.07. The van der Waals surface area contributed by atoms with E-state index in [9.17, 15) is 26.8 Å². The minimum absolute atomic E-state index is 0.0271. The van der Waals surface area contributed by atoms with Crippen LogP contribution in [0.15, 0.2) is 23.1 Å². The monoisotopic (exact) mass is 407 g/mol. The highest BCUT2D eigenvalue weighted by Gasteiger charge is 2.34. The highest BCUT2D eigenvalue weighted by Crippen LogP contribution is 2.23. The fourth-order valence-electron chi connectivity index (χ4n) is 2.55. The van der Waals surface area contributed by atoms with Crippen molar-refractivity contribution < 1.29 is 31.5 Å². The molecule has 1 amide bonds. The zero-order chi connectivity index (χ0) is 19.5. The number of benzene rings is 1. The third kappa shape index (κ3) is 5.41. The van der Waals surface area contributed by atoms with Crippen molar-refractivity contribution in [2.24, 2.45) is 0 Å². The minimum atomic E-state index is -3.14. The van der Waals surface area contributed by atoms with Crippen molar-refractivity contribution >= 4 is 33.5 Å². The summed E-state index contributed by atoms with van der Waals surface area (Å²) in [7, 11) is -1.67. The average molecular weight is 407 g/mol. The zero-order valence-electron chi connectivity index (χ0n) is 14.3. The van der Waals surface area contributed by atoms with E-state index >= 15 is 0 Å². The van der Waals surface area contributed by atoms with Crippen LogP contribution in [0.3, 0.4) is 0 Å². The second-order valence-corrected chi connectivity index (χ2v) is 9.25. The minimum Gasteiger partial charge on any atom is -0.452 e. The molecule has 0 saturated carbocycles. The van der Waals surface area contributed by atoms with Gasteiger partial charge in [0.05, 0.1) is 17.3 Å². The first-order chi connectivity index (χ1) is 12.1. The van der Waals surface area contributed by atoms with E-state index in [2.05, 4.69) is 0 Å². The maximum Gasteiger partial charge on any atom is 0.317 e. The molecule has 2 atom stereocenters. The van der Waals surface area contributed by atoms with Crippen LogP contribution >= 0.6 is 11.8 Å². The van der Waals surface area contributed by atoms with E-state index in [0.717, 1.165) is 30.0 Å². The number of nitrogens with zero attached hydrogens (tertiary/aromatic N) is 1. The molecule has 0 N–H and O–H groups in total. The Labute approximate surface area is 154 Å². The summed E-state index contributed by atoms with van der Waals surface area (Å²) in [4.78, 5) is 25.4. The van der Waals surface area contributed by atoms with Crippen LogP contribution in [0.1, 0.15) is 13.3 Å². The van der Waals surface area contributed by atoms with E-state index < -0.39 is 45.5 Å². The number of hydrogen-bond acceptors (Lipinski definition) is 6. The molecule has 0 unspecified atom stereocenters. The highest BCUT2D eigenvalue weighted by atomic mass is 32.2. The van der Waals surface area contributed by atoms with Gasteiger partial charge in [-0.05, 0) is 31.5 Å². The first-order valence-corrected chi connectivity index (χ1v) is 10.6. The van der Waals surface area contributed by atoms with E-state index in [0.29, 0.717) is 6.42 Å². The van der Waals surface area contributed by atoms with Crippen LogP contribution in [-0.2, 0) is 24.2 Å². The van der Waals surface area contributed by atoms with Gasteiger partial charge in [-0.15, -0.1) is 11.8 Å². The van der Waals surface area contributed by atoms with Crippen molar-refractivity contribution in [2.45, 2.75) is 30.4 Å². The second-order valence-electron chi connectivity index (χ2n) is 6.00. The number of sulfone groups is 1. The number of halogens is 2. The predicted molar refractivity (Wildman–Crippen MR) is 92.5 cm³/mol. The van der Waals surface area contributed by atoms with Crippen LogP contribution in [0.4, 0.5) is 8.78 Å². The summed E-state index contributed by atoms with van der Waals surface area (Å²) in [6.07, 6.45) is -0.756. The van der Waals surface area contributed by atoms with Gasteiger partial charge in [0.1, 0.15) is 11.6 Å². The van der Waals surface area contributed by atoms with Crippen LogP contribution in [0.2, 0.25) is 0 Å². The lowest BCUT2D eigenvalue weighted by Crippen LogP contribution is -2.44. The Morgan fingerprint density at radius 1 is 1.38 bits per heavy atom. The number of esters is 1. The molecule has 1 aromatic carbocycles. The zero-order valence-corrected chi connectivity index (χ0v) is 15.9. The van der Waals surface area contributed by atoms with E-state index in [1.807, 2.05) is 0 Å². The summed E-state index contributed by atoms with van der Waals surface area (Å²) in [6, 6.07) is 2.46. The molecule has 1 fully saturated rings. The van der Waals surface area contributed by atoms with Gasteiger partial charge in [-0.3, -0.25) is 9.59 Å². The molecule has 1 saturated heterocycles. The molecule has 0 spiro atoms. The van der Waals surface area contributed by atoms with Gasteiger partial charge < -0.3 is 9.64 Å². The lowest BCUT2D eigenvalue weighted by atomic mass is 10.2. The average Bonchev–Trinajstić information content (AvgIpc) is 2.94. The van der Waals surface area contributed by atoms with E-state index in [-0.39, 0.29) is 22.2 Å². The highest BCUT2D eigenvalue weighted by molar-refractivity contribution is 8.00. The lowest BCUT2D eigenvalue weighted by molar-refractivity contribution is -0.157. The molecule has 0 aliphatic carbocycles.